The van der Waals surface area contributed by atoms with E-state index in [9.17, 15) is 9.59 Å². The molecule has 0 aromatic heterocycles. The van der Waals surface area contributed by atoms with E-state index in [0.29, 0.717) is 29.7 Å². The second-order valence-electron chi connectivity index (χ2n) is 5.97. The number of hydrogen-bond acceptors (Lipinski definition) is 3. The van der Waals surface area contributed by atoms with Crippen LogP contribution in [0.15, 0.2) is 18.2 Å². The molecule has 1 saturated carbocycles. The minimum Gasteiger partial charge on any atom is -0.481 e. The van der Waals surface area contributed by atoms with Crippen LogP contribution < -0.4 is 0 Å². The lowest BCUT2D eigenvalue weighted by molar-refractivity contribution is -0.148. The highest BCUT2D eigenvalue weighted by molar-refractivity contribution is 6.42. The maximum absolute atomic E-state index is 12.6. The molecule has 5 nitrogen and oxygen atoms in total. The Kier molecular flexibility index (Phi) is 4.80. The number of ether oxygens (including phenoxy) is 1. The molecule has 2 fully saturated rings. The molecule has 1 N–H and O–H groups in total. The van der Waals surface area contributed by atoms with Gasteiger partial charge >= 0.3 is 5.97 Å². The lowest BCUT2D eigenvalue weighted by atomic mass is 10.1. The van der Waals surface area contributed by atoms with Gasteiger partial charge in [-0.2, -0.15) is 0 Å². The Bertz CT molecular complexity index is 637. The van der Waals surface area contributed by atoms with E-state index >= 15 is 0 Å². The van der Waals surface area contributed by atoms with Crippen LogP contribution in [0.1, 0.15) is 24.3 Å². The highest BCUT2D eigenvalue weighted by atomic mass is 35.5. The molecule has 1 heterocycles. The van der Waals surface area contributed by atoms with Crippen molar-refractivity contribution in [2.75, 3.05) is 19.7 Å². The zero-order valence-corrected chi connectivity index (χ0v) is 13.9. The molecule has 1 aromatic carbocycles. The van der Waals surface area contributed by atoms with Crippen LogP contribution in [-0.2, 0) is 14.3 Å². The molecule has 0 bridgehead atoms. The van der Waals surface area contributed by atoms with Crippen LogP contribution in [0.2, 0.25) is 10.0 Å². The fourth-order valence-electron chi connectivity index (χ4n) is 3.09. The number of carboxylic acid groups (broad SMARTS) is 1. The van der Waals surface area contributed by atoms with E-state index in [4.69, 9.17) is 33.0 Å². The Morgan fingerprint density at radius 2 is 2.13 bits per heavy atom. The fourth-order valence-corrected chi connectivity index (χ4v) is 3.54. The molecule has 2 aliphatic rings. The van der Waals surface area contributed by atoms with Gasteiger partial charge in [-0.1, -0.05) is 35.3 Å². The van der Waals surface area contributed by atoms with E-state index in [2.05, 4.69) is 0 Å². The second-order valence-corrected chi connectivity index (χ2v) is 6.75. The Morgan fingerprint density at radius 1 is 1.35 bits per heavy atom. The van der Waals surface area contributed by atoms with E-state index in [1.54, 1.807) is 11.0 Å². The highest BCUT2D eigenvalue weighted by Crippen LogP contribution is 2.51. The van der Waals surface area contributed by atoms with Gasteiger partial charge in [-0.3, -0.25) is 9.59 Å². The zero-order chi connectivity index (χ0) is 16.6. The van der Waals surface area contributed by atoms with E-state index < -0.39 is 12.1 Å². The lowest BCUT2D eigenvalue weighted by Crippen LogP contribution is -2.47. The van der Waals surface area contributed by atoms with Crippen LogP contribution in [-0.4, -0.2) is 47.7 Å². The molecular formula is C16H17Cl2NO4. The minimum atomic E-state index is -0.917. The SMILES string of the molecule is O=C(O)C[C@@H]1CN(C(=O)[C@H]2C[C@@H]2c2cccc(Cl)c2Cl)CCO1. The van der Waals surface area contributed by atoms with Crippen LogP contribution >= 0.6 is 23.2 Å². The second kappa shape index (κ2) is 6.67. The number of nitrogens with zero attached hydrogens (tertiary/aromatic N) is 1. The predicted octanol–water partition coefficient (Wildman–Crippen LogP) is 2.80. The van der Waals surface area contributed by atoms with Crippen molar-refractivity contribution in [1.82, 2.24) is 4.90 Å². The van der Waals surface area contributed by atoms with E-state index in [1.807, 2.05) is 12.1 Å². The summed E-state index contributed by atoms with van der Waals surface area (Å²) in [7, 11) is 0. The summed E-state index contributed by atoms with van der Waals surface area (Å²) in [6.45, 7) is 1.21. The van der Waals surface area contributed by atoms with Gasteiger partial charge in [0.25, 0.3) is 0 Å². The molecule has 1 aliphatic carbocycles. The van der Waals surface area contributed by atoms with Crippen molar-refractivity contribution in [1.29, 1.82) is 0 Å². The number of morpholine rings is 1. The topological polar surface area (TPSA) is 66.8 Å². The normalized spacial score (nSPS) is 26.9. The average molecular weight is 358 g/mol. The Morgan fingerprint density at radius 3 is 2.87 bits per heavy atom. The molecule has 124 valence electrons. The van der Waals surface area contributed by atoms with Gasteiger partial charge in [0.05, 0.1) is 29.2 Å². The Labute approximate surface area is 144 Å². The zero-order valence-electron chi connectivity index (χ0n) is 12.4. The molecule has 1 saturated heterocycles. The predicted molar refractivity (Wildman–Crippen MR) is 85.9 cm³/mol. The van der Waals surface area contributed by atoms with Crippen molar-refractivity contribution in [3.05, 3.63) is 33.8 Å². The van der Waals surface area contributed by atoms with Crippen molar-refractivity contribution in [2.24, 2.45) is 5.92 Å². The third-order valence-electron chi connectivity index (χ3n) is 4.34. The third kappa shape index (κ3) is 3.62. The largest absolute Gasteiger partial charge is 0.481 e. The number of rotatable bonds is 4. The van der Waals surface area contributed by atoms with Gasteiger partial charge in [-0.25, -0.2) is 0 Å². The summed E-state index contributed by atoms with van der Waals surface area (Å²) in [6.07, 6.45) is 0.231. The summed E-state index contributed by atoms with van der Waals surface area (Å²) in [4.78, 5) is 25.1. The van der Waals surface area contributed by atoms with Crippen molar-refractivity contribution in [3.63, 3.8) is 0 Å². The van der Waals surface area contributed by atoms with Gasteiger partial charge in [-0.15, -0.1) is 0 Å². The van der Waals surface area contributed by atoms with E-state index in [1.165, 1.54) is 0 Å². The number of benzene rings is 1. The first-order valence-corrected chi connectivity index (χ1v) is 8.29. The van der Waals surface area contributed by atoms with Crippen LogP contribution in [0.3, 0.4) is 0 Å². The van der Waals surface area contributed by atoms with Crippen molar-refractivity contribution in [2.45, 2.75) is 24.9 Å². The number of carboxylic acids is 1. The Balaban J connectivity index is 1.63. The summed E-state index contributed by atoms with van der Waals surface area (Å²) >= 11 is 12.3. The smallest absolute Gasteiger partial charge is 0.306 e. The first-order valence-electron chi connectivity index (χ1n) is 7.53. The minimum absolute atomic E-state index is 0.0460. The summed E-state index contributed by atoms with van der Waals surface area (Å²) in [6, 6.07) is 5.46. The number of carbonyl (C=O) groups is 2. The first-order chi connectivity index (χ1) is 11.0. The monoisotopic (exact) mass is 357 g/mol. The van der Waals surface area contributed by atoms with E-state index in [-0.39, 0.29) is 24.2 Å². The van der Waals surface area contributed by atoms with Gasteiger partial charge in [-0.05, 0) is 24.0 Å². The molecule has 23 heavy (non-hydrogen) atoms. The number of carbonyl (C=O) groups excluding carboxylic acids is 1. The average Bonchev–Trinajstić information content (AvgIpc) is 3.29. The van der Waals surface area contributed by atoms with Crippen LogP contribution in [0.25, 0.3) is 0 Å². The number of halogens is 2. The van der Waals surface area contributed by atoms with Crippen molar-refractivity contribution < 1.29 is 19.4 Å². The van der Waals surface area contributed by atoms with Gasteiger partial charge < -0.3 is 14.7 Å². The van der Waals surface area contributed by atoms with Gasteiger partial charge in [0.15, 0.2) is 0 Å². The molecule has 3 rings (SSSR count). The van der Waals surface area contributed by atoms with E-state index in [0.717, 1.165) is 12.0 Å². The third-order valence-corrected chi connectivity index (χ3v) is 5.17. The first kappa shape index (κ1) is 16.6. The maximum Gasteiger partial charge on any atom is 0.306 e. The summed E-state index contributed by atoms with van der Waals surface area (Å²) in [5.74, 6) is -0.881. The number of amides is 1. The highest BCUT2D eigenvalue weighted by Gasteiger charge is 2.47. The standard InChI is InChI=1S/C16H17Cl2NO4/c17-13-3-1-2-10(15(13)18)11-7-12(11)16(22)19-4-5-23-9(8-19)6-14(20)21/h1-3,9,11-12H,4-8H2,(H,20,21)/t9-,11-,12+/m1/s1. The lowest BCUT2D eigenvalue weighted by Gasteiger charge is -2.32. The molecule has 1 aliphatic heterocycles. The number of hydrogen-bond donors (Lipinski definition) is 1. The quantitative estimate of drug-likeness (QED) is 0.899. The summed E-state index contributed by atoms with van der Waals surface area (Å²) < 4.78 is 5.40. The van der Waals surface area contributed by atoms with Gasteiger partial charge in [0.1, 0.15) is 0 Å². The molecule has 7 heteroatoms. The molecule has 0 unspecified atom stereocenters. The molecule has 1 aromatic rings. The maximum atomic E-state index is 12.6. The van der Waals surface area contributed by atoms with Gasteiger partial charge in [0, 0.05) is 19.0 Å². The molecule has 1 amide bonds. The summed E-state index contributed by atoms with van der Waals surface area (Å²) in [5, 5.41) is 9.86. The van der Waals surface area contributed by atoms with Gasteiger partial charge in [0.2, 0.25) is 5.91 Å². The fraction of sp³-hybridized carbons (Fsp3) is 0.500. The molecule has 3 atom stereocenters. The van der Waals surface area contributed by atoms with Crippen molar-refractivity contribution in [3.8, 4) is 0 Å². The number of aliphatic carboxylic acids is 1. The molecular weight excluding hydrogens is 341 g/mol. The van der Waals surface area contributed by atoms with Crippen LogP contribution in [0.5, 0.6) is 0 Å². The van der Waals surface area contributed by atoms with Crippen LogP contribution in [0.4, 0.5) is 0 Å². The van der Waals surface area contributed by atoms with Crippen LogP contribution in [0, 0.1) is 5.92 Å². The molecule has 0 spiro atoms. The molecule has 0 radical (unpaired) electrons. The Hall–Kier alpha value is -1.30. The summed E-state index contributed by atoms with van der Waals surface area (Å²) in [5.41, 5.74) is 0.910. The van der Waals surface area contributed by atoms with Crippen molar-refractivity contribution >= 4 is 35.1 Å².